The summed E-state index contributed by atoms with van der Waals surface area (Å²) in [5.41, 5.74) is 0.703. The molecule has 1 heterocycles. The summed E-state index contributed by atoms with van der Waals surface area (Å²) in [7, 11) is 0. The lowest BCUT2D eigenvalue weighted by molar-refractivity contribution is 0.401. The van der Waals surface area contributed by atoms with Crippen molar-refractivity contribution in [1.82, 2.24) is 9.97 Å². The second-order valence-electron chi connectivity index (χ2n) is 4.66. The van der Waals surface area contributed by atoms with Crippen molar-refractivity contribution in [3.63, 3.8) is 0 Å². The molecule has 0 radical (unpaired) electrons. The normalized spacial score (nSPS) is 10.9. The van der Waals surface area contributed by atoms with E-state index in [4.69, 9.17) is 4.74 Å². The number of benzene rings is 1. The summed E-state index contributed by atoms with van der Waals surface area (Å²) >= 11 is 3.09. The largest absolute Gasteiger partial charge is 0.436 e. The molecule has 1 aromatic carbocycles. The smallest absolute Gasteiger partial charge is 0.222 e. The Labute approximate surface area is 124 Å². The zero-order valence-corrected chi connectivity index (χ0v) is 12.8. The molecule has 6 heteroatoms. The van der Waals surface area contributed by atoms with E-state index in [2.05, 4.69) is 25.9 Å². The van der Waals surface area contributed by atoms with Gasteiger partial charge in [-0.05, 0) is 19.1 Å². The summed E-state index contributed by atoms with van der Waals surface area (Å²) in [6.07, 6.45) is 0. The SMILES string of the molecule is Cc1cc(Oc2cc(Br)cc(F)c2F)nc(C(C)C)n1. The van der Waals surface area contributed by atoms with E-state index in [-0.39, 0.29) is 17.5 Å². The van der Waals surface area contributed by atoms with E-state index >= 15 is 0 Å². The molecular formula is C14H13BrF2N2O. The van der Waals surface area contributed by atoms with Gasteiger partial charge in [0.05, 0.1) is 0 Å². The number of hydrogen-bond acceptors (Lipinski definition) is 3. The molecule has 0 aliphatic heterocycles. The first-order valence-electron chi connectivity index (χ1n) is 6.05. The molecule has 0 spiro atoms. The van der Waals surface area contributed by atoms with E-state index in [9.17, 15) is 8.78 Å². The lowest BCUT2D eigenvalue weighted by Crippen LogP contribution is -2.02. The summed E-state index contributed by atoms with van der Waals surface area (Å²) in [5.74, 6) is -1.35. The van der Waals surface area contributed by atoms with E-state index in [1.54, 1.807) is 13.0 Å². The van der Waals surface area contributed by atoms with Crippen molar-refractivity contribution < 1.29 is 13.5 Å². The maximum Gasteiger partial charge on any atom is 0.222 e. The third kappa shape index (κ3) is 3.30. The Bertz CT molecular complexity index is 647. The van der Waals surface area contributed by atoms with Crippen LogP contribution in [0.5, 0.6) is 11.6 Å². The van der Waals surface area contributed by atoms with Crippen molar-refractivity contribution in [2.45, 2.75) is 26.7 Å². The van der Waals surface area contributed by atoms with Gasteiger partial charge in [0.1, 0.15) is 5.82 Å². The maximum atomic E-state index is 13.7. The van der Waals surface area contributed by atoms with Crippen LogP contribution < -0.4 is 4.74 Å². The topological polar surface area (TPSA) is 35.0 Å². The Morgan fingerprint density at radius 2 is 1.85 bits per heavy atom. The zero-order chi connectivity index (χ0) is 14.9. The first-order chi connectivity index (χ1) is 9.36. The quantitative estimate of drug-likeness (QED) is 0.755. The summed E-state index contributed by atoms with van der Waals surface area (Å²) in [6, 6.07) is 3.96. The van der Waals surface area contributed by atoms with Crippen LogP contribution in [-0.4, -0.2) is 9.97 Å². The third-order valence-electron chi connectivity index (χ3n) is 2.54. The molecule has 2 aromatic rings. The fourth-order valence-electron chi connectivity index (χ4n) is 1.59. The van der Waals surface area contributed by atoms with Gasteiger partial charge < -0.3 is 4.74 Å². The monoisotopic (exact) mass is 342 g/mol. The first kappa shape index (κ1) is 14.8. The highest BCUT2D eigenvalue weighted by Crippen LogP contribution is 2.29. The van der Waals surface area contributed by atoms with Crippen LogP contribution in [0, 0.1) is 18.6 Å². The molecule has 0 amide bonds. The van der Waals surface area contributed by atoms with Crippen LogP contribution in [0.25, 0.3) is 0 Å². The summed E-state index contributed by atoms with van der Waals surface area (Å²) in [4.78, 5) is 8.46. The molecule has 0 aliphatic carbocycles. The van der Waals surface area contributed by atoms with Gasteiger partial charge in [0.15, 0.2) is 11.6 Å². The van der Waals surface area contributed by atoms with Crippen LogP contribution in [-0.2, 0) is 0 Å². The molecule has 0 saturated heterocycles. The van der Waals surface area contributed by atoms with E-state index in [1.807, 2.05) is 13.8 Å². The molecule has 0 N–H and O–H groups in total. The number of halogens is 3. The molecule has 0 atom stereocenters. The average Bonchev–Trinajstić information content (AvgIpc) is 2.34. The first-order valence-corrected chi connectivity index (χ1v) is 6.84. The van der Waals surface area contributed by atoms with Crippen LogP contribution in [0.4, 0.5) is 8.78 Å². The molecular weight excluding hydrogens is 330 g/mol. The van der Waals surface area contributed by atoms with E-state index in [1.165, 1.54) is 6.07 Å². The zero-order valence-electron chi connectivity index (χ0n) is 11.2. The second-order valence-corrected chi connectivity index (χ2v) is 5.58. The predicted octanol–water partition coefficient (Wildman–Crippen LogP) is 4.74. The Morgan fingerprint density at radius 1 is 1.15 bits per heavy atom. The predicted molar refractivity (Wildman–Crippen MR) is 75.0 cm³/mol. The van der Waals surface area contributed by atoms with Crippen molar-refractivity contribution in [2.24, 2.45) is 0 Å². The van der Waals surface area contributed by atoms with Gasteiger partial charge in [-0.25, -0.2) is 9.37 Å². The standard InChI is InChI=1S/C14H13BrF2N2O/c1-7(2)14-18-8(3)4-12(19-14)20-11-6-9(15)5-10(16)13(11)17/h4-7H,1-3H3. The summed E-state index contributed by atoms with van der Waals surface area (Å²) in [6.45, 7) is 5.67. The highest BCUT2D eigenvalue weighted by atomic mass is 79.9. The molecule has 2 rings (SSSR count). The Morgan fingerprint density at radius 3 is 2.50 bits per heavy atom. The van der Waals surface area contributed by atoms with Crippen molar-refractivity contribution in [3.8, 4) is 11.6 Å². The van der Waals surface area contributed by atoms with Crippen molar-refractivity contribution in [3.05, 3.63) is 45.8 Å². The number of ether oxygens (including phenoxy) is 1. The van der Waals surface area contributed by atoms with Gasteiger partial charge >= 0.3 is 0 Å². The minimum absolute atomic E-state index is 0.112. The van der Waals surface area contributed by atoms with Crippen LogP contribution in [0.1, 0.15) is 31.3 Å². The van der Waals surface area contributed by atoms with Crippen molar-refractivity contribution in [2.75, 3.05) is 0 Å². The molecule has 0 unspecified atom stereocenters. The molecule has 106 valence electrons. The van der Waals surface area contributed by atoms with Crippen LogP contribution in [0.15, 0.2) is 22.7 Å². The van der Waals surface area contributed by atoms with Gasteiger partial charge in [-0.3, -0.25) is 0 Å². The molecule has 0 aliphatic rings. The molecule has 1 aromatic heterocycles. The van der Waals surface area contributed by atoms with Gasteiger partial charge in [0, 0.05) is 22.2 Å². The number of aromatic nitrogens is 2. The van der Waals surface area contributed by atoms with Crippen molar-refractivity contribution >= 4 is 15.9 Å². The van der Waals surface area contributed by atoms with E-state index < -0.39 is 11.6 Å². The molecule has 3 nitrogen and oxygen atoms in total. The molecule has 0 saturated carbocycles. The minimum Gasteiger partial charge on any atom is -0.436 e. The lowest BCUT2D eigenvalue weighted by Gasteiger charge is -2.10. The van der Waals surface area contributed by atoms with Gasteiger partial charge in [-0.1, -0.05) is 29.8 Å². The fraction of sp³-hybridized carbons (Fsp3) is 0.286. The van der Waals surface area contributed by atoms with Gasteiger partial charge in [-0.2, -0.15) is 9.37 Å². The lowest BCUT2D eigenvalue weighted by atomic mass is 10.2. The number of rotatable bonds is 3. The van der Waals surface area contributed by atoms with E-state index in [0.717, 1.165) is 6.07 Å². The number of nitrogens with zero attached hydrogens (tertiary/aromatic N) is 2. The Hall–Kier alpha value is -1.56. The maximum absolute atomic E-state index is 13.7. The second kappa shape index (κ2) is 5.83. The highest BCUT2D eigenvalue weighted by molar-refractivity contribution is 9.10. The molecule has 0 fully saturated rings. The highest BCUT2D eigenvalue weighted by Gasteiger charge is 2.14. The fourth-order valence-corrected chi connectivity index (χ4v) is 2.00. The van der Waals surface area contributed by atoms with Gasteiger partial charge in [-0.15, -0.1) is 0 Å². The van der Waals surface area contributed by atoms with Gasteiger partial charge in [0.25, 0.3) is 0 Å². The minimum atomic E-state index is -1.05. The number of hydrogen-bond donors (Lipinski definition) is 0. The Balaban J connectivity index is 2.40. The van der Waals surface area contributed by atoms with Crippen molar-refractivity contribution in [1.29, 1.82) is 0 Å². The van der Waals surface area contributed by atoms with E-state index in [0.29, 0.717) is 16.0 Å². The number of aryl methyl sites for hydroxylation is 1. The Kier molecular flexibility index (Phi) is 4.32. The van der Waals surface area contributed by atoms with Crippen LogP contribution in [0.2, 0.25) is 0 Å². The van der Waals surface area contributed by atoms with Crippen LogP contribution in [0.3, 0.4) is 0 Å². The molecule has 0 bridgehead atoms. The summed E-state index contributed by atoms with van der Waals surface area (Å²) < 4.78 is 32.7. The molecule has 20 heavy (non-hydrogen) atoms. The third-order valence-corrected chi connectivity index (χ3v) is 3.00. The average molecular weight is 343 g/mol. The van der Waals surface area contributed by atoms with Crippen LogP contribution >= 0.6 is 15.9 Å². The summed E-state index contributed by atoms with van der Waals surface area (Å²) in [5, 5.41) is 0. The van der Waals surface area contributed by atoms with Gasteiger partial charge in [0.2, 0.25) is 11.7 Å².